The monoisotopic (exact) mass is 261 g/mol. The van der Waals surface area contributed by atoms with Gasteiger partial charge in [0.05, 0.1) is 5.69 Å². The minimum Gasteiger partial charge on any atom is -0.370 e. The van der Waals surface area contributed by atoms with Crippen molar-refractivity contribution in [1.82, 2.24) is 20.2 Å². The maximum absolute atomic E-state index is 4.40. The van der Waals surface area contributed by atoms with Gasteiger partial charge in [0.25, 0.3) is 0 Å². The van der Waals surface area contributed by atoms with Crippen molar-refractivity contribution < 1.29 is 0 Å². The Morgan fingerprint density at radius 2 is 2.42 bits per heavy atom. The Balaban J connectivity index is 1.55. The standard InChI is InChI=1S/C14H23N5/c1-19-7-4-11(9-19)2-6-16-14-12-8-15-5-3-13(12)17-10-18-14/h10-11,15H,2-9H2,1H3,(H,16,17,18). The third-order valence-corrected chi connectivity index (χ3v) is 4.21. The molecule has 0 saturated carbocycles. The zero-order valence-electron chi connectivity index (χ0n) is 11.7. The Kier molecular flexibility index (Phi) is 3.94. The fraction of sp³-hybridized carbons (Fsp3) is 0.714. The van der Waals surface area contributed by atoms with E-state index in [9.17, 15) is 0 Å². The van der Waals surface area contributed by atoms with Gasteiger partial charge in [-0.25, -0.2) is 9.97 Å². The molecule has 1 aromatic heterocycles. The van der Waals surface area contributed by atoms with Gasteiger partial charge >= 0.3 is 0 Å². The molecule has 1 unspecified atom stereocenters. The van der Waals surface area contributed by atoms with E-state index in [4.69, 9.17) is 0 Å². The molecule has 0 aromatic carbocycles. The normalized spacial score (nSPS) is 23.3. The molecule has 1 aromatic rings. The molecule has 3 heterocycles. The third-order valence-electron chi connectivity index (χ3n) is 4.21. The lowest BCUT2D eigenvalue weighted by molar-refractivity contribution is 0.390. The van der Waals surface area contributed by atoms with Crippen LogP contribution in [0.5, 0.6) is 0 Å². The lowest BCUT2D eigenvalue weighted by atomic mass is 10.0. The summed E-state index contributed by atoms with van der Waals surface area (Å²) in [7, 11) is 2.21. The van der Waals surface area contributed by atoms with Crippen LogP contribution in [-0.4, -0.2) is 48.1 Å². The summed E-state index contributed by atoms with van der Waals surface area (Å²) in [5.41, 5.74) is 2.47. The summed E-state index contributed by atoms with van der Waals surface area (Å²) in [6.07, 6.45) is 5.27. The topological polar surface area (TPSA) is 53.1 Å². The van der Waals surface area contributed by atoms with Crippen LogP contribution in [0.15, 0.2) is 6.33 Å². The number of nitrogens with one attached hydrogen (secondary N) is 2. The number of fused-ring (bicyclic) bond motifs is 1. The van der Waals surface area contributed by atoms with Crippen LogP contribution < -0.4 is 10.6 Å². The van der Waals surface area contributed by atoms with Gasteiger partial charge in [-0.2, -0.15) is 0 Å². The molecule has 19 heavy (non-hydrogen) atoms. The highest BCUT2D eigenvalue weighted by molar-refractivity contribution is 5.46. The minimum absolute atomic E-state index is 0.841. The molecule has 104 valence electrons. The van der Waals surface area contributed by atoms with Gasteiger partial charge in [-0.05, 0) is 32.4 Å². The summed E-state index contributed by atoms with van der Waals surface area (Å²) in [4.78, 5) is 11.2. The molecular formula is C14H23N5. The first kappa shape index (κ1) is 12.8. The van der Waals surface area contributed by atoms with Crippen molar-refractivity contribution in [2.24, 2.45) is 5.92 Å². The molecule has 2 N–H and O–H groups in total. The lowest BCUT2D eigenvalue weighted by Crippen LogP contribution is -2.26. The van der Waals surface area contributed by atoms with Crippen molar-refractivity contribution in [3.05, 3.63) is 17.6 Å². The summed E-state index contributed by atoms with van der Waals surface area (Å²) in [6, 6.07) is 0. The Hall–Kier alpha value is -1.20. The van der Waals surface area contributed by atoms with Gasteiger partial charge in [-0.1, -0.05) is 0 Å². The molecule has 0 spiro atoms. The van der Waals surface area contributed by atoms with E-state index in [1.54, 1.807) is 6.33 Å². The van der Waals surface area contributed by atoms with Gasteiger partial charge in [0.1, 0.15) is 12.1 Å². The van der Waals surface area contributed by atoms with Crippen molar-refractivity contribution >= 4 is 5.82 Å². The van der Waals surface area contributed by atoms with Gasteiger partial charge < -0.3 is 15.5 Å². The average molecular weight is 261 g/mol. The highest BCUT2D eigenvalue weighted by Crippen LogP contribution is 2.20. The van der Waals surface area contributed by atoms with Gasteiger partial charge in [0.15, 0.2) is 0 Å². The summed E-state index contributed by atoms with van der Waals surface area (Å²) in [5.74, 6) is 1.87. The summed E-state index contributed by atoms with van der Waals surface area (Å²) in [5, 5.41) is 6.90. The van der Waals surface area contributed by atoms with E-state index in [0.717, 1.165) is 37.8 Å². The smallest absolute Gasteiger partial charge is 0.134 e. The molecule has 3 rings (SSSR count). The largest absolute Gasteiger partial charge is 0.370 e. The molecule has 5 nitrogen and oxygen atoms in total. The molecule has 0 radical (unpaired) electrons. The number of anilines is 1. The quantitative estimate of drug-likeness (QED) is 0.842. The SMILES string of the molecule is CN1CCC(CCNc2ncnc3c2CNCC3)C1. The van der Waals surface area contributed by atoms with E-state index in [0.29, 0.717) is 0 Å². The Labute approximate surface area is 114 Å². The molecule has 1 atom stereocenters. The van der Waals surface area contributed by atoms with Crippen molar-refractivity contribution in [3.63, 3.8) is 0 Å². The van der Waals surface area contributed by atoms with E-state index in [1.165, 1.54) is 37.2 Å². The Morgan fingerprint density at radius 1 is 1.47 bits per heavy atom. The maximum atomic E-state index is 4.40. The maximum Gasteiger partial charge on any atom is 0.134 e. The predicted octanol–water partition coefficient (Wildman–Crippen LogP) is 0.876. The fourth-order valence-electron chi connectivity index (χ4n) is 3.08. The van der Waals surface area contributed by atoms with Gasteiger partial charge in [0, 0.05) is 38.2 Å². The molecular weight excluding hydrogens is 238 g/mol. The number of likely N-dealkylation sites (tertiary alicyclic amines) is 1. The highest BCUT2D eigenvalue weighted by atomic mass is 15.1. The second kappa shape index (κ2) is 5.84. The fourth-order valence-corrected chi connectivity index (χ4v) is 3.08. The van der Waals surface area contributed by atoms with Crippen molar-refractivity contribution in [2.45, 2.75) is 25.8 Å². The van der Waals surface area contributed by atoms with Crippen LogP contribution in [0.1, 0.15) is 24.1 Å². The molecule has 5 heteroatoms. The molecule has 0 bridgehead atoms. The minimum atomic E-state index is 0.841. The Morgan fingerprint density at radius 3 is 3.26 bits per heavy atom. The lowest BCUT2D eigenvalue weighted by Gasteiger charge is -2.19. The molecule has 0 amide bonds. The van der Waals surface area contributed by atoms with Gasteiger partial charge in [-0.3, -0.25) is 0 Å². The van der Waals surface area contributed by atoms with E-state index in [2.05, 4.69) is 32.5 Å². The first-order chi connectivity index (χ1) is 9.33. The van der Waals surface area contributed by atoms with Crippen molar-refractivity contribution in [3.8, 4) is 0 Å². The van der Waals surface area contributed by atoms with E-state index < -0.39 is 0 Å². The van der Waals surface area contributed by atoms with Crippen LogP contribution in [0.4, 0.5) is 5.82 Å². The summed E-state index contributed by atoms with van der Waals surface area (Å²) in [6.45, 7) is 5.42. The van der Waals surface area contributed by atoms with Crippen LogP contribution in [-0.2, 0) is 13.0 Å². The van der Waals surface area contributed by atoms with Crippen LogP contribution in [0, 0.1) is 5.92 Å². The molecule has 2 aliphatic rings. The summed E-state index contributed by atoms with van der Waals surface area (Å²) >= 11 is 0. The first-order valence-corrected chi connectivity index (χ1v) is 7.29. The second-order valence-electron chi connectivity index (χ2n) is 5.71. The van der Waals surface area contributed by atoms with Gasteiger partial charge in [0.2, 0.25) is 0 Å². The molecule has 2 aliphatic heterocycles. The van der Waals surface area contributed by atoms with Crippen LogP contribution in [0.3, 0.4) is 0 Å². The second-order valence-corrected chi connectivity index (χ2v) is 5.71. The number of rotatable bonds is 4. The van der Waals surface area contributed by atoms with Crippen molar-refractivity contribution in [2.75, 3.05) is 38.5 Å². The molecule has 0 aliphatic carbocycles. The zero-order chi connectivity index (χ0) is 13.1. The van der Waals surface area contributed by atoms with Crippen molar-refractivity contribution in [1.29, 1.82) is 0 Å². The number of hydrogen-bond donors (Lipinski definition) is 2. The van der Waals surface area contributed by atoms with E-state index >= 15 is 0 Å². The molecule has 1 saturated heterocycles. The predicted molar refractivity (Wildman–Crippen MR) is 76.2 cm³/mol. The number of aromatic nitrogens is 2. The summed E-state index contributed by atoms with van der Waals surface area (Å²) < 4.78 is 0. The third kappa shape index (κ3) is 3.04. The number of nitrogens with zero attached hydrogens (tertiary/aromatic N) is 3. The highest BCUT2D eigenvalue weighted by Gasteiger charge is 2.19. The zero-order valence-corrected chi connectivity index (χ0v) is 11.7. The van der Waals surface area contributed by atoms with Crippen LogP contribution >= 0.6 is 0 Å². The van der Waals surface area contributed by atoms with E-state index in [1.807, 2.05) is 0 Å². The van der Waals surface area contributed by atoms with Crippen LogP contribution in [0.2, 0.25) is 0 Å². The van der Waals surface area contributed by atoms with E-state index in [-0.39, 0.29) is 0 Å². The first-order valence-electron chi connectivity index (χ1n) is 7.29. The number of hydrogen-bond acceptors (Lipinski definition) is 5. The Bertz CT molecular complexity index is 434. The van der Waals surface area contributed by atoms with Crippen LogP contribution in [0.25, 0.3) is 0 Å². The molecule has 1 fully saturated rings. The average Bonchev–Trinajstić information content (AvgIpc) is 2.85. The van der Waals surface area contributed by atoms with Gasteiger partial charge in [-0.15, -0.1) is 0 Å².